The molecular formula is C27H35NOSi. The highest BCUT2D eigenvalue weighted by Crippen LogP contribution is 2.66. The van der Waals surface area contributed by atoms with Crippen LogP contribution in [0.15, 0.2) is 72.8 Å². The lowest BCUT2D eigenvalue weighted by Gasteiger charge is -2.47. The van der Waals surface area contributed by atoms with Gasteiger partial charge in [-0.3, -0.25) is 4.90 Å². The molecule has 0 N–H and O–H groups in total. The first-order valence-electron chi connectivity index (χ1n) is 11.5. The lowest BCUT2D eigenvalue weighted by molar-refractivity contribution is 0.0646. The number of hydrogen-bond donors (Lipinski definition) is 0. The van der Waals surface area contributed by atoms with Gasteiger partial charge in [0, 0.05) is 6.54 Å². The predicted molar refractivity (Wildman–Crippen MR) is 128 cm³/mol. The molecule has 3 fully saturated rings. The summed E-state index contributed by atoms with van der Waals surface area (Å²) in [4.78, 5) is 2.72. The molecule has 30 heavy (non-hydrogen) atoms. The van der Waals surface area contributed by atoms with Gasteiger partial charge in [-0.05, 0) is 53.1 Å². The van der Waals surface area contributed by atoms with E-state index in [1.807, 2.05) is 0 Å². The molecule has 0 bridgehead atoms. The zero-order chi connectivity index (χ0) is 21.0. The van der Waals surface area contributed by atoms with E-state index in [0.29, 0.717) is 5.41 Å². The first-order chi connectivity index (χ1) is 14.3. The van der Waals surface area contributed by atoms with Crippen molar-refractivity contribution in [3.8, 4) is 0 Å². The van der Waals surface area contributed by atoms with Gasteiger partial charge >= 0.3 is 0 Å². The van der Waals surface area contributed by atoms with E-state index in [9.17, 15) is 0 Å². The SMILES string of the molecule is C=C1CN2CCC3(CC3)[C@@]2(CO[Si](c2ccccc2)(c2ccccc2)C(C)(C)C)C1. The van der Waals surface area contributed by atoms with Gasteiger partial charge in [-0.15, -0.1) is 0 Å². The Morgan fingerprint density at radius 2 is 1.50 bits per heavy atom. The molecule has 0 aromatic heterocycles. The Hall–Kier alpha value is -1.68. The van der Waals surface area contributed by atoms with Crippen molar-refractivity contribution < 1.29 is 4.43 Å². The molecule has 2 saturated heterocycles. The minimum Gasteiger partial charge on any atom is -0.405 e. The van der Waals surface area contributed by atoms with Crippen LogP contribution in [-0.2, 0) is 4.43 Å². The highest BCUT2D eigenvalue weighted by Gasteiger charge is 2.68. The summed E-state index contributed by atoms with van der Waals surface area (Å²) < 4.78 is 7.43. The summed E-state index contributed by atoms with van der Waals surface area (Å²) in [6.45, 7) is 14.6. The Labute approximate surface area is 183 Å². The minimum absolute atomic E-state index is 0.0299. The van der Waals surface area contributed by atoms with Crippen molar-refractivity contribution in [1.29, 1.82) is 0 Å². The summed E-state index contributed by atoms with van der Waals surface area (Å²) in [7, 11) is -2.50. The fraction of sp³-hybridized carbons (Fsp3) is 0.481. The van der Waals surface area contributed by atoms with E-state index in [0.717, 1.165) is 19.6 Å². The van der Waals surface area contributed by atoms with Gasteiger partial charge < -0.3 is 4.43 Å². The molecule has 1 spiro atoms. The first-order valence-corrected chi connectivity index (χ1v) is 13.4. The molecule has 0 amide bonds. The van der Waals surface area contributed by atoms with Crippen molar-refractivity contribution in [1.82, 2.24) is 4.90 Å². The molecule has 1 aliphatic carbocycles. The number of nitrogens with zero attached hydrogens (tertiary/aromatic N) is 1. The molecule has 2 aromatic rings. The van der Waals surface area contributed by atoms with Crippen LogP contribution in [0, 0.1) is 5.41 Å². The summed E-state index contributed by atoms with van der Waals surface area (Å²) in [5.74, 6) is 0. The second-order valence-corrected chi connectivity index (χ2v) is 15.2. The molecule has 2 heterocycles. The van der Waals surface area contributed by atoms with Crippen LogP contribution in [-0.4, -0.2) is 38.5 Å². The first kappa shape index (κ1) is 20.2. The van der Waals surface area contributed by atoms with E-state index in [1.54, 1.807) is 0 Å². The van der Waals surface area contributed by atoms with Crippen molar-refractivity contribution in [3.63, 3.8) is 0 Å². The summed E-state index contributed by atoms with van der Waals surface area (Å²) >= 11 is 0. The monoisotopic (exact) mass is 417 g/mol. The molecule has 1 atom stereocenters. The highest BCUT2D eigenvalue weighted by atomic mass is 28.4. The van der Waals surface area contributed by atoms with Gasteiger partial charge in [0.25, 0.3) is 8.32 Å². The van der Waals surface area contributed by atoms with E-state index in [4.69, 9.17) is 4.43 Å². The van der Waals surface area contributed by atoms with Crippen LogP contribution in [0.25, 0.3) is 0 Å². The summed E-state index contributed by atoms with van der Waals surface area (Å²) in [6, 6.07) is 22.1. The molecule has 158 valence electrons. The zero-order valence-corrected chi connectivity index (χ0v) is 19.8. The van der Waals surface area contributed by atoms with Crippen LogP contribution in [0.3, 0.4) is 0 Å². The second kappa shape index (κ2) is 6.91. The van der Waals surface area contributed by atoms with E-state index < -0.39 is 8.32 Å². The molecule has 0 radical (unpaired) electrons. The third-order valence-corrected chi connectivity index (χ3v) is 13.2. The van der Waals surface area contributed by atoms with Crippen LogP contribution < -0.4 is 10.4 Å². The fourth-order valence-corrected chi connectivity index (χ4v) is 11.2. The predicted octanol–water partition coefficient (Wildman–Crippen LogP) is 4.75. The standard InChI is InChI=1S/C27H35NOSi/c1-22-19-27(26(15-16-26)17-18-28(27)20-22)21-29-30(25(2,3)4,23-11-7-5-8-12-23)24-13-9-6-10-14-24/h5-14H,1,15-21H2,2-4H3/t27-/m0/s1. The average molecular weight is 418 g/mol. The minimum atomic E-state index is -2.50. The van der Waals surface area contributed by atoms with Crippen molar-refractivity contribution >= 4 is 18.7 Å². The summed E-state index contributed by atoms with van der Waals surface area (Å²) in [6.07, 6.45) is 5.18. The third-order valence-electron chi connectivity index (χ3n) is 8.21. The molecule has 3 aliphatic rings. The van der Waals surface area contributed by atoms with Gasteiger partial charge in [0.15, 0.2) is 0 Å². The molecule has 3 heteroatoms. The maximum atomic E-state index is 7.43. The van der Waals surface area contributed by atoms with E-state index in [2.05, 4.69) is 92.9 Å². The van der Waals surface area contributed by atoms with E-state index in [1.165, 1.54) is 41.8 Å². The lowest BCUT2D eigenvalue weighted by atomic mass is 9.80. The third kappa shape index (κ3) is 2.82. The number of rotatable bonds is 5. The fourth-order valence-electron chi connectivity index (χ4n) is 6.55. The lowest BCUT2D eigenvalue weighted by Crippen LogP contribution is -2.68. The Morgan fingerprint density at radius 1 is 0.933 bits per heavy atom. The Balaban J connectivity index is 1.61. The van der Waals surface area contributed by atoms with Crippen molar-refractivity contribution in [2.24, 2.45) is 5.41 Å². The maximum Gasteiger partial charge on any atom is 0.261 e. The van der Waals surface area contributed by atoms with Gasteiger partial charge in [0.05, 0.1) is 12.1 Å². The quantitative estimate of drug-likeness (QED) is 0.514. The normalized spacial score (nSPS) is 25.6. The summed E-state index contributed by atoms with van der Waals surface area (Å²) in [5.41, 5.74) is 2.03. The van der Waals surface area contributed by atoms with Gasteiger partial charge in [-0.25, -0.2) is 0 Å². The molecule has 0 unspecified atom stereocenters. The van der Waals surface area contributed by atoms with Crippen molar-refractivity contribution in [2.75, 3.05) is 19.7 Å². The summed E-state index contributed by atoms with van der Waals surface area (Å²) in [5, 5.41) is 2.79. The number of fused-ring (bicyclic) bond motifs is 2. The zero-order valence-electron chi connectivity index (χ0n) is 18.8. The molecule has 2 nitrogen and oxygen atoms in total. The van der Waals surface area contributed by atoms with Gasteiger partial charge in [0.2, 0.25) is 0 Å². The van der Waals surface area contributed by atoms with Crippen molar-refractivity contribution in [2.45, 2.75) is 57.0 Å². The number of hydrogen-bond acceptors (Lipinski definition) is 2. The molecule has 5 rings (SSSR count). The molecule has 2 aliphatic heterocycles. The van der Waals surface area contributed by atoms with Crippen LogP contribution in [0.4, 0.5) is 0 Å². The average Bonchev–Trinajstić information content (AvgIpc) is 3.38. The van der Waals surface area contributed by atoms with E-state index in [-0.39, 0.29) is 10.6 Å². The highest BCUT2D eigenvalue weighted by molar-refractivity contribution is 6.99. The topological polar surface area (TPSA) is 12.5 Å². The molecule has 1 saturated carbocycles. The maximum absolute atomic E-state index is 7.43. The van der Waals surface area contributed by atoms with Gasteiger partial charge in [-0.1, -0.05) is 93.6 Å². The van der Waals surface area contributed by atoms with Crippen LogP contribution in [0.5, 0.6) is 0 Å². The van der Waals surface area contributed by atoms with E-state index >= 15 is 0 Å². The Bertz CT molecular complexity index is 889. The molecular weight excluding hydrogens is 382 g/mol. The van der Waals surface area contributed by atoms with Crippen LogP contribution >= 0.6 is 0 Å². The largest absolute Gasteiger partial charge is 0.405 e. The van der Waals surface area contributed by atoms with Gasteiger partial charge in [0.1, 0.15) is 0 Å². The second-order valence-electron chi connectivity index (χ2n) is 10.9. The number of benzene rings is 2. The Kier molecular flexibility index (Phi) is 4.66. The van der Waals surface area contributed by atoms with Gasteiger partial charge in [-0.2, -0.15) is 0 Å². The van der Waals surface area contributed by atoms with Crippen molar-refractivity contribution in [3.05, 3.63) is 72.8 Å². The smallest absolute Gasteiger partial charge is 0.261 e. The van der Waals surface area contributed by atoms with Crippen LogP contribution in [0.1, 0.15) is 46.5 Å². The molecule has 2 aromatic carbocycles. The van der Waals surface area contributed by atoms with Crippen LogP contribution in [0.2, 0.25) is 5.04 Å². The Morgan fingerprint density at radius 3 is 2.00 bits per heavy atom.